The summed E-state index contributed by atoms with van der Waals surface area (Å²) in [7, 11) is 1.57. The summed E-state index contributed by atoms with van der Waals surface area (Å²) in [6.45, 7) is 5.80. The molecule has 0 bridgehead atoms. The lowest BCUT2D eigenvalue weighted by atomic mass is 10.2. The second kappa shape index (κ2) is 8.47. The first-order chi connectivity index (χ1) is 9.65. The number of hydrogen-bond acceptors (Lipinski definition) is 4. The van der Waals surface area contributed by atoms with E-state index in [-0.39, 0.29) is 17.3 Å². The average molecular weight is 283 g/mol. The van der Waals surface area contributed by atoms with E-state index in [9.17, 15) is 9.18 Å². The number of hydrogen-bond donors (Lipinski definition) is 1. The van der Waals surface area contributed by atoms with Crippen LogP contribution in [0.2, 0.25) is 0 Å². The molecule has 6 heteroatoms. The molecule has 0 atom stereocenters. The number of pyridine rings is 1. The van der Waals surface area contributed by atoms with Crippen LogP contribution in [0.15, 0.2) is 12.3 Å². The van der Waals surface area contributed by atoms with Crippen molar-refractivity contribution in [1.82, 2.24) is 9.88 Å². The average Bonchev–Trinajstić information content (AvgIpc) is 2.46. The maximum atomic E-state index is 14.3. The Morgan fingerprint density at radius 3 is 2.85 bits per heavy atom. The van der Waals surface area contributed by atoms with Gasteiger partial charge in [0.15, 0.2) is 11.6 Å². The van der Waals surface area contributed by atoms with E-state index in [1.54, 1.807) is 12.0 Å². The van der Waals surface area contributed by atoms with Crippen LogP contribution < -0.4 is 5.32 Å². The minimum absolute atomic E-state index is 0.0385. The number of aromatic nitrogens is 1. The summed E-state index contributed by atoms with van der Waals surface area (Å²) >= 11 is 0. The lowest BCUT2D eigenvalue weighted by Gasteiger charge is -2.21. The molecule has 0 saturated heterocycles. The molecule has 0 unspecified atom stereocenters. The van der Waals surface area contributed by atoms with Crippen LogP contribution in [0.4, 0.5) is 10.2 Å². The Morgan fingerprint density at radius 1 is 1.50 bits per heavy atom. The summed E-state index contributed by atoms with van der Waals surface area (Å²) in [6, 6.07) is 1.41. The van der Waals surface area contributed by atoms with Crippen molar-refractivity contribution >= 4 is 11.7 Å². The fraction of sp³-hybridized carbons (Fsp3) is 0.571. The fourth-order valence-electron chi connectivity index (χ4n) is 1.75. The number of amides is 1. The van der Waals surface area contributed by atoms with E-state index >= 15 is 0 Å². The van der Waals surface area contributed by atoms with Gasteiger partial charge in [-0.15, -0.1) is 0 Å². The maximum absolute atomic E-state index is 14.3. The summed E-state index contributed by atoms with van der Waals surface area (Å²) in [6.07, 6.45) is 2.30. The van der Waals surface area contributed by atoms with Crippen molar-refractivity contribution in [3.63, 3.8) is 0 Å². The van der Waals surface area contributed by atoms with Crippen LogP contribution >= 0.6 is 0 Å². The number of ether oxygens (including phenoxy) is 1. The molecule has 0 aliphatic rings. The smallest absolute Gasteiger partial charge is 0.257 e. The topological polar surface area (TPSA) is 54.5 Å². The molecule has 0 aromatic carbocycles. The van der Waals surface area contributed by atoms with E-state index in [1.165, 1.54) is 12.3 Å². The van der Waals surface area contributed by atoms with E-state index in [0.29, 0.717) is 26.2 Å². The Hall–Kier alpha value is -1.69. The molecule has 0 radical (unpaired) electrons. The third kappa shape index (κ3) is 4.16. The highest BCUT2D eigenvalue weighted by Gasteiger charge is 2.20. The molecule has 0 spiro atoms. The van der Waals surface area contributed by atoms with Crippen LogP contribution in [-0.4, -0.2) is 49.1 Å². The zero-order valence-corrected chi connectivity index (χ0v) is 12.3. The molecule has 1 aromatic rings. The van der Waals surface area contributed by atoms with E-state index in [2.05, 4.69) is 10.3 Å². The third-order valence-electron chi connectivity index (χ3n) is 2.90. The quantitative estimate of drug-likeness (QED) is 0.794. The first kappa shape index (κ1) is 16.4. The fourth-order valence-corrected chi connectivity index (χ4v) is 1.75. The van der Waals surface area contributed by atoms with Crippen molar-refractivity contribution < 1.29 is 13.9 Å². The number of carbonyl (C=O) groups excluding carboxylic acids is 1. The van der Waals surface area contributed by atoms with Gasteiger partial charge in [-0.2, -0.15) is 0 Å². The zero-order valence-electron chi connectivity index (χ0n) is 12.3. The van der Waals surface area contributed by atoms with Gasteiger partial charge < -0.3 is 15.0 Å². The van der Waals surface area contributed by atoms with E-state index in [1.807, 2.05) is 13.8 Å². The van der Waals surface area contributed by atoms with Crippen molar-refractivity contribution in [1.29, 1.82) is 0 Å². The summed E-state index contributed by atoms with van der Waals surface area (Å²) in [5.74, 6) is -0.814. The molecule has 5 nitrogen and oxygen atoms in total. The maximum Gasteiger partial charge on any atom is 0.257 e. The van der Waals surface area contributed by atoms with Crippen molar-refractivity contribution in [3.05, 3.63) is 23.6 Å². The number of likely N-dealkylation sites (N-methyl/N-ethyl adjacent to an activating group) is 1. The van der Waals surface area contributed by atoms with Crippen molar-refractivity contribution in [3.8, 4) is 0 Å². The van der Waals surface area contributed by atoms with Crippen molar-refractivity contribution in [2.24, 2.45) is 0 Å². The normalized spacial score (nSPS) is 10.4. The Balaban J connectivity index is 2.91. The molecule has 0 saturated carbocycles. The molecule has 1 N–H and O–H groups in total. The molecule has 0 fully saturated rings. The van der Waals surface area contributed by atoms with E-state index in [4.69, 9.17) is 4.74 Å². The molecule has 0 aliphatic heterocycles. The number of carbonyl (C=O) groups is 1. The van der Waals surface area contributed by atoms with Gasteiger partial charge in [0.2, 0.25) is 0 Å². The first-order valence-corrected chi connectivity index (χ1v) is 6.82. The molecular formula is C14H22FN3O2. The van der Waals surface area contributed by atoms with Gasteiger partial charge >= 0.3 is 0 Å². The monoisotopic (exact) mass is 283 g/mol. The number of nitrogens with zero attached hydrogens (tertiary/aromatic N) is 2. The molecule has 1 rings (SSSR count). The Labute approximate surface area is 119 Å². The number of methoxy groups -OCH3 is 1. The lowest BCUT2D eigenvalue weighted by Crippen LogP contribution is -2.34. The number of nitrogens with one attached hydrogen (secondary N) is 1. The molecule has 0 aliphatic carbocycles. The molecule has 1 amide bonds. The van der Waals surface area contributed by atoms with Gasteiger partial charge in [0.05, 0.1) is 12.2 Å². The first-order valence-electron chi connectivity index (χ1n) is 6.82. The molecule has 20 heavy (non-hydrogen) atoms. The molecule has 112 valence electrons. The summed E-state index contributed by atoms with van der Waals surface area (Å²) in [4.78, 5) is 17.8. The second-order valence-electron chi connectivity index (χ2n) is 4.33. The van der Waals surface area contributed by atoms with Gasteiger partial charge in [0.1, 0.15) is 0 Å². The van der Waals surface area contributed by atoms with Crippen LogP contribution in [0.25, 0.3) is 0 Å². The number of rotatable bonds is 8. The van der Waals surface area contributed by atoms with E-state index < -0.39 is 5.82 Å². The van der Waals surface area contributed by atoms with Gasteiger partial charge in [-0.25, -0.2) is 9.37 Å². The molecular weight excluding hydrogens is 261 g/mol. The minimum atomic E-state index is -0.596. The minimum Gasteiger partial charge on any atom is -0.383 e. The van der Waals surface area contributed by atoms with Gasteiger partial charge in [0, 0.05) is 32.9 Å². The van der Waals surface area contributed by atoms with Crippen LogP contribution in [-0.2, 0) is 4.74 Å². The van der Waals surface area contributed by atoms with Gasteiger partial charge in [-0.3, -0.25) is 4.79 Å². The highest BCUT2D eigenvalue weighted by Crippen LogP contribution is 2.17. The summed E-state index contributed by atoms with van der Waals surface area (Å²) in [5.41, 5.74) is 0.0385. The lowest BCUT2D eigenvalue weighted by molar-refractivity contribution is 0.0702. The second-order valence-corrected chi connectivity index (χ2v) is 4.33. The van der Waals surface area contributed by atoms with Gasteiger partial charge in [-0.1, -0.05) is 6.92 Å². The zero-order chi connectivity index (χ0) is 15.0. The number of halogens is 1. The van der Waals surface area contributed by atoms with Crippen LogP contribution in [0, 0.1) is 5.82 Å². The highest BCUT2D eigenvalue weighted by atomic mass is 19.1. The Morgan fingerprint density at radius 2 is 2.25 bits per heavy atom. The standard InChI is InChI=1S/C14H22FN3O2/c1-4-7-16-13-12(15)11(6-8-17-13)14(19)18(5-2)9-10-20-3/h6,8H,4-5,7,9-10H2,1-3H3,(H,16,17). The van der Waals surface area contributed by atoms with Crippen molar-refractivity contribution in [2.45, 2.75) is 20.3 Å². The van der Waals surface area contributed by atoms with Gasteiger partial charge in [-0.05, 0) is 19.4 Å². The SMILES string of the molecule is CCCNc1nccc(C(=O)N(CC)CCOC)c1F. The predicted octanol–water partition coefficient (Wildman–Crippen LogP) is 2.15. The number of anilines is 1. The summed E-state index contributed by atoms with van der Waals surface area (Å²) < 4.78 is 19.2. The predicted molar refractivity (Wildman–Crippen MR) is 76.4 cm³/mol. The van der Waals surface area contributed by atoms with Crippen LogP contribution in [0.1, 0.15) is 30.6 Å². The largest absolute Gasteiger partial charge is 0.383 e. The summed E-state index contributed by atoms with van der Waals surface area (Å²) in [5, 5.41) is 2.88. The molecule has 1 aromatic heterocycles. The van der Waals surface area contributed by atoms with Crippen molar-refractivity contribution in [2.75, 3.05) is 38.7 Å². The van der Waals surface area contributed by atoms with Crippen LogP contribution in [0.5, 0.6) is 0 Å². The highest BCUT2D eigenvalue weighted by molar-refractivity contribution is 5.95. The van der Waals surface area contributed by atoms with Crippen LogP contribution in [0.3, 0.4) is 0 Å². The Bertz CT molecular complexity index is 440. The molecule has 1 heterocycles. The van der Waals surface area contributed by atoms with E-state index in [0.717, 1.165) is 6.42 Å². The third-order valence-corrected chi connectivity index (χ3v) is 2.90. The van der Waals surface area contributed by atoms with Gasteiger partial charge in [0.25, 0.3) is 5.91 Å². The Kier molecular flexibility index (Phi) is 6.93.